The number of benzene rings is 1. The van der Waals surface area contributed by atoms with Gasteiger partial charge in [-0.3, -0.25) is 0 Å². The minimum Gasteiger partial charge on any atom is -0.493 e. The predicted molar refractivity (Wildman–Crippen MR) is 76.2 cm³/mol. The first kappa shape index (κ1) is 11.8. The van der Waals surface area contributed by atoms with Gasteiger partial charge in [0.25, 0.3) is 0 Å². The number of fused-ring (bicyclic) bond motifs is 3. The number of para-hydroxylation sites is 1. The largest absolute Gasteiger partial charge is 0.493 e. The maximum Gasteiger partial charge on any atom is 0.122 e. The molecule has 0 spiro atoms. The highest BCUT2D eigenvalue weighted by Gasteiger charge is 2.41. The van der Waals surface area contributed by atoms with Gasteiger partial charge in [0.1, 0.15) is 5.75 Å². The van der Waals surface area contributed by atoms with Crippen LogP contribution in [0.2, 0.25) is 0 Å². The molecule has 2 fully saturated rings. The summed E-state index contributed by atoms with van der Waals surface area (Å²) in [5.74, 6) is 4.36. The molecule has 2 aliphatic carbocycles. The topological polar surface area (TPSA) is 35.2 Å². The Morgan fingerprint density at radius 2 is 2.11 bits per heavy atom. The van der Waals surface area contributed by atoms with Crippen molar-refractivity contribution in [3.05, 3.63) is 29.8 Å². The first-order valence-corrected chi connectivity index (χ1v) is 7.78. The Kier molecular flexibility index (Phi) is 2.80. The number of rotatable bonds is 3. The molecular formula is C17H23NO. The lowest BCUT2D eigenvalue weighted by Crippen LogP contribution is -2.33. The summed E-state index contributed by atoms with van der Waals surface area (Å²) < 4.78 is 5.78. The van der Waals surface area contributed by atoms with Crippen LogP contribution in [0.4, 0.5) is 0 Å². The van der Waals surface area contributed by atoms with E-state index in [9.17, 15) is 0 Å². The van der Waals surface area contributed by atoms with Gasteiger partial charge in [0.2, 0.25) is 0 Å². The van der Waals surface area contributed by atoms with Crippen LogP contribution in [0.15, 0.2) is 24.3 Å². The fourth-order valence-corrected chi connectivity index (χ4v) is 4.72. The molecule has 1 aromatic carbocycles. The van der Waals surface area contributed by atoms with E-state index in [1.807, 2.05) is 6.07 Å². The van der Waals surface area contributed by atoms with Gasteiger partial charge in [0.05, 0.1) is 6.61 Å². The average molecular weight is 257 g/mol. The highest BCUT2D eigenvalue weighted by molar-refractivity contribution is 5.40. The molecule has 0 saturated heterocycles. The molecule has 0 aromatic heterocycles. The van der Waals surface area contributed by atoms with Crippen LogP contribution < -0.4 is 10.5 Å². The average Bonchev–Trinajstić information content (AvgIpc) is 3.13. The van der Waals surface area contributed by atoms with Gasteiger partial charge in [-0.15, -0.1) is 0 Å². The standard InChI is InChI=1S/C17H23NO/c18-16(9-13-8-11-5-6-12(13)7-11)15-10-19-17-4-2-1-3-14(15)17/h1-4,11-13,15-16H,5-10,18H2. The molecule has 102 valence electrons. The quantitative estimate of drug-likeness (QED) is 0.901. The van der Waals surface area contributed by atoms with E-state index in [0.29, 0.717) is 5.92 Å². The number of hydrogen-bond acceptors (Lipinski definition) is 2. The lowest BCUT2D eigenvalue weighted by molar-refractivity contribution is 0.258. The van der Waals surface area contributed by atoms with Crippen LogP contribution in [0, 0.1) is 17.8 Å². The molecule has 5 atom stereocenters. The fraction of sp³-hybridized carbons (Fsp3) is 0.647. The molecule has 19 heavy (non-hydrogen) atoms. The summed E-state index contributed by atoms with van der Waals surface area (Å²) in [4.78, 5) is 0. The molecule has 2 heteroatoms. The van der Waals surface area contributed by atoms with Gasteiger partial charge in [-0.25, -0.2) is 0 Å². The second-order valence-corrected chi connectivity index (χ2v) is 6.79. The van der Waals surface area contributed by atoms with E-state index < -0.39 is 0 Å². The zero-order valence-electron chi connectivity index (χ0n) is 11.4. The normalized spacial score (nSPS) is 37.1. The summed E-state index contributed by atoms with van der Waals surface area (Å²) in [6.45, 7) is 0.779. The molecule has 0 radical (unpaired) electrons. The highest BCUT2D eigenvalue weighted by Crippen LogP contribution is 2.50. The Balaban J connectivity index is 1.46. The van der Waals surface area contributed by atoms with Crippen molar-refractivity contribution >= 4 is 0 Å². The Hall–Kier alpha value is -1.02. The summed E-state index contributed by atoms with van der Waals surface area (Å²) >= 11 is 0. The monoisotopic (exact) mass is 257 g/mol. The zero-order valence-corrected chi connectivity index (χ0v) is 11.4. The molecule has 2 N–H and O–H groups in total. The second-order valence-electron chi connectivity index (χ2n) is 6.79. The Morgan fingerprint density at radius 1 is 1.21 bits per heavy atom. The minimum absolute atomic E-state index is 0.271. The van der Waals surface area contributed by atoms with Crippen molar-refractivity contribution in [2.45, 2.75) is 44.1 Å². The van der Waals surface area contributed by atoms with Crippen molar-refractivity contribution in [2.24, 2.45) is 23.5 Å². The van der Waals surface area contributed by atoms with Gasteiger partial charge in [-0.05, 0) is 49.5 Å². The van der Waals surface area contributed by atoms with Crippen LogP contribution in [0.25, 0.3) is 0 Å². The van der Waals surface area contributed by atoms with Gasteiger partial charge in [-0.2, -0.15) is 0 Å². The Morgan fingerprint density at radius 3 is 2.89 bits per heavy atom. The summed E-state index contributed by atoms with van der Waals surface area (Å²) in [6, 6.07) is 8.67. The van der Waals surface area contributed by atoms with E-state index in [1.54, 1.807) is 0 Å². The molecule has 5 unspecified atom stereocenters. The van der Waals surface area contributed by atoms with Crippen molar-refractivity contribution in [2.75, 3.05) is 6.61 Å². The number of ether oxygens (including phenoxy) is 1. The SMILES string of the molecule is NC(CC1CC2CCC1C2)C1COc2ccccc21. The van der Waals surface area contributed by atoms with E-state index in [4.69, 9.17) is 10.5 Å². The fourth-order valence-electron chi connectivity index (χ4n) is 4.72. The summed E-state index contributed by atoms with van der Waals surface area (Å²) in [5.41, 5.74) is 7.86. The van der Waals surface area contributed by atoms with Gasteiger partial charge in [0, 0.05) is 17.5 Å². The summed E-state index contributed by atoms with van der Waals surface area (Å²) in [7, 11) is 0. The molecule has 1 heterocycles. The molecule has 1 aliphatic heterocycles. The zero-order chi connectivity index (χ0) is 12.8. The minimum atomic E-state index is 0.271. The third-order valence-corrected chi connectivity index (χ3v) is 5.71. The van der Waals surface area contributed by atoms with E-state index in [2.05, 4.69) is 18.2 Å². The van der Waals surface area contributed by atoms with Crippen molar-refractivity contribution < 1.29 is 4.74 Å². The van der Waals surface area contributed by atoms with Crippen LogP contribution in [-0.2, 0) is 0 Å². The predicted octanol–water partition coefficient (Wildman–Crippen LogP) is 3.32. The summed E-state index contributed by atoms with van der Waals surface area (Å²) in [6.07, 6.45) is 7.05. The van der Waals surface area contributed by atoms with Gasteiger partial charge in [-0.1, -0.05) is 24.6 Å². The Labute approximate surface area is 115 Å². The molecule has 3 aliphatic rings. The lowest BCUT2D eigenvalue weighted by atomic mass is 9.80. The molecule has 0 amide bonds. The van der Waals surface area contributed by atoms with E-state index in [-0.39, 0.29) is 6.04 Å². The molecule has 1 aromatic rings. The van der Waals surface area contributed by atoms with E-state index in [1.165, 1.54) is 37.7 Å². The van der Waals surface area contributed by atoms with Crippen LogP contribution in [-0.4, -0.2) is 12.6 Å². The van der Waals surface area contributed by atoms with Crippen LogP contribution >= 0.6 is 0 Å². The van der Waals surface area contributed by atoms with Crippen molar-refractivity contribution in [3.8, 4) is 5.75 Å². The van der Waals surface area contributed by atoms with E-state index in [0.717, 1.165) is 30.1 Å². The van der Waals surface area contributed by atoms with Gasteiger partial charge < -0.3 is 10.5 Å². The van der Waals surface area contributed by atoms with Crippen molar-refractivity contribution in [3.63, 3.8) is 0 Å². The smallest absolute Gasteiger partial charge is 0.122 e. The third kappa shape index (κ3) is 1.97. The highest BCUT2D eigenvalue weighted by atomic mass is 16.5. The van der Waals surface area contributed by atoms with Crippen molar-refractivity contribution in [1.82, 2.24) is 0 Å². The Bertz CT molecular complexity index is 472. The van der Waals surface area contributed by atoms with Crippen LogP contribution in [0.1, 0.15) is 43.6 Å². The maximum absolute atomic E-state index is 6.53. The second kappa shape index (κ2) is 4.52. The molecule has 4 rings (SSSR count). The van der Waals surface area contributed by atoms with Crippen molar-refractivity contribution in [1.29, 1.82) is 0 Å². The maximum atomic E-state index is 6.53. The van der Waals surface area contributed by atoms with Gasteiger partial charge in [0.15, 0.2) is 0 Å². The number of nitrogens with two attached hydrogens (primary N) is 1. The van der Waals surface area contributed by atoms with Crippen LogP contribution in [0.5, 0.6) is 5.75 Å². The molecule has 2 saturated carbocycles. The molecular weight excluding hydrogens is 234 g/mol. The summed E-state index contributed by atoms with van der Waals surface area (Å²) in [5, 5.41) is 0. The van der Waals surface area contributed by atoms with Crippen LogP contribution in [0.3, 0.4) is 0 Å². The van der Waals surface area contributed by atoms with E-state index >= 15 is 0 Å². The first-order chi connectivity index (χ1) is 9.31. The first-order valence-electron chi connectivity index (χ1n) is 7.78. The number of hydrogen-bond donors (Lipinski definition) is 1. The van der Waals surface area contributed by atoms with Gasteiger partial charge >= 0.3 is 0 Å². The third-order valence-electron chi connectivity index (χ3n) is 5.71. The molecule has 2 nitrogen and oxygen atoms in total. The lowest BCUT2D eigenvalue weighted by Gasteiger charge is -2.27. The molecule has 2 bridgehead atoms.